The molecular formula is C28H26FN3O2. The molecule has 1 aromatic heterocycles. The molecule has 5 nitrogen and oxygen atoms in total. The number of hydrogen-bond acceptors (Lipinski definition) is 2. The summed E-state index contributed by atoms with van der Waals surface area (Å²) in [7, 11) is 0. The van der Waals surface area contributed by atoms with Gasteiger partial charge in [-0.05, 0) is 46.8 Å². The molecule has 34 heavy (non-hydrogen) atoms. The van der Waals surface area contributed by atoms with Gasteiger partial charge in [0, 0.05) is 50.3 Å². The average molecular weight is 456 g/mol. The zero-order chi connectivity index (χ0) is 23.5. The van der Waals surface area contributed by atoms with Crippen molar-refractivity contribution < 1.29 is 14.0 Å². The van der Waals surface area contributed by atoms with Crippen molar-refractivity contribution in [3.63, 3.8) is 0 Å². The second-order valence-corrected chi connectivity index (χ2v) is 8.72. The Kier molecular flexibility index (Phi) is 6.12. The summed E-state index contributed by atoms with van der Waals surface area (Å²) in [4.78, 5) is 27.4. The van der Waals surface area contributed by atoms with Crippen molar-refractivity contribution in [1.29, 1.82) is 0 Å². The van der Waals surface area contributed by atoms with Crippen LogP contribution in [0.2, 0.25) is 0 Å². The van der Waals surface area contributed by atoms with E-state index in [4.69, 9.17) is 0 Å². The van der Waals surface area contributed by atoms with E-state index < -0.39 is 0 Å². The number of carbonyl (C=O) groups excluding carboxylic acids is 2. The van der Waals surface area contributed by atoms with Crippen molar-refractivity contribution in [2.24, 2.45) is 0 Å². The second-order valence-electron chi connectivity index (χ2n) is 8.72. The van der Waals surface area contributed by atoms with E-state index in [-0.39, 0.29) is 30.0 Å². The van der Waals surface area contributed by atoms with Crippen LogP contribution in [0.5, 0.6) is 0 Å². The standard InChI is InChI=1S/C28H26FN3O2/c29-24-11-10-21-12-14-31(26(21)16-24)15-13-27(33)30-17-23(20-6-2-1-3-7-20)19-32-18-22-8-4-5-9-25(22)28(32)34/h1-12,14,16,23H,13,15,17-19H2,(H,30,33). The van der Waals surface area contributed by atoms with E-state index in [1.807, 2.05) is 76.3 Å². The Morgan fingerprint density at radius 2 is 1.79 bits per heavy atom. The SMILES string of the molecule is O=C(CCn1ccc2ccc(F)cc21)NCC(CN1Cc2ccccc2C1=O)c1ccccc1. The molecule has 1 aliphatic rings. The lowest BCUT2D eigenvalue weighted by atomic mass is 9.98. The maximum absolute atomic E-state index is 13.6. The molecule has 4 aromatic rings. The highest BCUT2D eigenvalue weighted by molar-refractivity contribution is 5.98. The molecule has 0 spiro atoms. The number of hydrogen-bond donors (Lipinski definition) is 1. The van der Waals surface area contributed by atoms with E-state index in [0.29, 0.717) is 26.2 Å². The first-order valence-electron chi connectivity index (χ1n) is 11.5. The molecule has 0 aliphatic carbocycles. The first-order valence-corrected chi connectivity index (χ1v) is 11.5. The number of halogens is 1. The molecule has 1 N–H and O–H groups in total. The summed E-state index contributed by atoms with van der Waals surface area (Å²) in [6.45, 7) is 2.02. The first kappa shape index (κ1) is 21.9. The fraction of sp³-hybridized carbons (Fsp3) is 0.214. The van der Waals surface area contributed by atoms with Gasteiger partial charge in [-0.3, -0.25) is 9.59 Å². The number of benzene rings is 3. The molecule has 3 aromatic carbocycles. The minimum Gasteiger partial charge on any atom is -0.355 e. The van der Waals surface area contributed by atoms with Gasteiger partial charge in [0.25, 0.3) is 5.91 Å². The van der Waals surface area contributed by atoms with Crippen molar-refractivity contribution in [3.05, 3.63) is 108 Å². The van der Waals surface area contributed by atoms with Crippen LogP contribution in [0.1, 0.15) is 33.8 Å². The van der Waals surface area contributed by atoms with Crippen LogP contribution < -0.4 is 5.32 Å². The number of nitrogens with zero attached hydrogens (tertiary/aromatic N) is 2. The Bertz CT molecular complexity index is 1330. The van der Waals surface area contributed by atoms with E-state index in [1.165, 1.54) is 12.1 Å². The van der Waals surface area contributed by atoms with Gasteiger partial charge in [0.05, 0.1) is 5.52 Å². The highest BCUT2D eigenvalue weighted by Gasteiger charge is 2.29. The minimum absolute atomic E-state index is 0.0232. The molecule has 0 saturated carbocycles. The Morgan fingerprint density at radius 3 is 2.62 bits per heavy atom. The quantitative estimate of drug-likeness (QED) is 0.418. The molecule has 2 amide bonds. The van der Waals surface area contributed by atoms with Gasteiger partial charge in [-0.1, -0.05) is 48.5 Å². The third-order valence-corrected chi connectivity index (χ3v) is 6.47. The highest BCUT2D eigenvalue weighted by atomic mass is 19.1. The largest absolute Gasteiger partial charge is 0.355 e. The van der Waals surface area contributed by atoms with Crippen LogP contribution in [0.3, 0.4) is 0 Å². The van der Waals surface area contributed by atoms with Crippen LogP contribution >= 0.6 is 0 Å². The predicted octanol–water partition coefficient (Wildman–Crippen LogP) is 4.73. The third kappa shape index (κ3) is 4.57. The lowest BCUT2D eigenvalue weighted by Crippen LogP contribution is -2.36. The molecule has 0 radical (unpaired) electrons. The Morgan fingerprint density at radius 1 is 1.00 bits per heavy atom. The number of fused-ring (bicyclic) bond motifs is 2. The third-order valence-electron chi connectivity index (χ3n) is 6.47. The molecule has 0 fully saturated rings. The molecule has 1 atom stereocenters. The van der Waals surface area contributed by atoms with Gasteiger partial charge >= 0.3 is 0 Å². The molecule has 0 bridgehead atoms. The molecule has 5 rings (SSSR count). The summed E-state index contributed by atoms with van der Waals surface area (Å²) >= 11 is 0. The zero-order valence-electron chi connectivity index (χ0n) is 18.8. The topological polar surface area (TPSA) is 54.3 Å². The smallest absolute Gasteiger partial charge is 0.254 e. The molecule has 172 valence electrons. The number of nitrogens with one attached hydrogen (secondary N) is 1. The summed E-state index contributed by atoms with van der Waals surface area (Å²) in [5, 5.41) is 4.00. The monoisotopic (exact) mass is 455 g/mol. The fourth-order valence-corrected chi connectivity index (χ4v) is 4.64. The van der Waals surface area contributed by atoms with Crippen LogP contribution in [0, 0.1) is 5.82 Å². The van der Waals surface area contributed by atoms with Crippen LogP contribution in [0.25, 0.3) is 10.9 Å². The van der Waals surface area contributed by atoms with E-state index in [0.717, 1.165) is 27.6 Å². The lowest BCUT2D eigenvalue weighted by Gasteiger charge is -2.24. The maximum Gasteiger partial charge on any atom is 0.254 e. The van der Waals surface area contributed by atoms with E-state index in [1.54, 1.807) is 6.07 Å². The normalized spacial score (nSPS) is 13.8. The summed E-state index contributed by atoms with van der Waals surface area (Å²) < 4.78 is 15.5. The van der Waals surface area contributed by atoms with Gasteiger partial charge in [-0.15, -0.1) is 0 Å². The Hall–Kier alpha value is -3.93. The van der Waals surface area contributed by atoms with E-state index in [2.05, 4.69) is 5.32 Å². The average Bonchev–Trinajstić information content (AvgIpc) is 3.41. The summed E-state index contributed by atoms with van der Waals surface area (Å²) in [6.07, 6.45) is 2.16. The number of aryl methyl sites for hydroxylation is 1. The van der Waals surface area contributed by atoms with Gasteiger partial charge in [0.1, 0.15) is 5.82 Å². The number of aromatic nitrogens is 1. The van der Waals surface area contributed by atoms with Crippen molar-refractivity contribution in [2.75, 3.05) is 13.1 Å². The van der Waals surface area contributed by atoms with Crippen LogP contribution in [0.4, 0.5) is 4.39 Å². The Labute approximate surface area is 197 Å². The minimum atomic E-state index is -0.291. The Balaban J connectivity index is 1.23. The fourth-order valence-electron chi connectivity index (χ4n) is 4.64. The van der Waals surface area contributed by atoms with Gasteiger partial charge in [0.2, 0.25) is 5.91 Å². The maximum atomic E-state index is 13.6. The van der Waals surface area contributed by atoms with Crippen LogP contribution in [-0.4, -0.2) is 34.4 Å². The van der Waals surface area contributed by atoms with Gasteiger partial charge in [-0.25, -0.2) is 4.39 Å². The second kappa shape index (κ2) is 9.51. The lowest BCUT2D eigenvalue weighted by molar-refractivity contribution is -0.121. The summed E-state index contributed by atoms with van der Waals surface area (Å²) in [5.41, 5.74) is 3.66. The predicted molar refractivity (Wildman–Crippen MR) is 130 cm³/mol. The van der Waals surface area contributed by atoms with Crippen molar-refractivity contribution >= 4 is 22.7 Å². The summed E-state index contributed by atoms with van der Waals surface area (Å²) in [5.74, 6) is -0.351. The molecule has 1 unspecified atom stereocenters. The van der Waals surface area contributed by atoms with Crippen LogP contribution in [0.15, 0.2) is 85.1 Å². The van der Waals surface area contributed by atoms with Crippen LogP contribution in [-0.2, 0) is 17.9 Å². The van der Waals surface area contributed by atoms with Crippen molar-refractivity contribution in [1.82, 2.24) is 14.8 Å². The zero-order valence-corrected chi connectivity index (χ0v) is 18.8. The summed E-state index contributed by atoms with van der Waals surface area (Å²) in [6, 6.07) is 24.3. The van der Waals surface area contributed by atoms with Gasteiger partial charge in [-0.2, -0.15) is 0 Å². The van der Waals surface area contributed by atoms with Crippen molar-refractivity contribution in [3.8, 4) is 0 Å². The molecule has 6 heteroatoms. The first-order chi connectivity index (χ1) is 16.6. The van der Waals surface area contributed by atoms with Gasteiger partial charge in [0.15, 0.2) is 0 Å². The molecule has 1 aliphatic heterocycles. The number of rotatable bonds is 8. The van der Waals surface area contributed by atoms with Crippen molar-refractivity contribution in [2.45, 2.75) is 25.4 Å². The van der Waals surface area contributed by atoms with Gasteiger partial charge < -0.3 is 14.8 Å². The highest BCUT2D eigenvalue weighted by Crippen LogP contribution is 2.26. The molecule has 0 saturated heterocycles. The number of amides is 2. The van der Waals surface area contributed by atoms with E-state index >= 15 is 0 Å². The molecular weight excluding hydrogens is 429 g/mol. The molecule has 2 heterocycles. The number of carbonyl (C=O) groups is 2. The van der Waals surface area contributed by atoms with E-state index in [9.17, 15) is 14.0 Å².